The van der Waals surface area contributed by atoms with E-state index in [1.165, 1.54) is 73.7 Å². The van der Waals surface area contributed by atoms with Crippen LogP contribution in [0.3, 0.4) is 0 Å². The Morgan fingerprint density at radius 2 is 0.886 bits per heavy atom. The molecule has 0 atom stereocenters. The number of alkyl halides is 1. The van der Waals surface area contributed by atoms with Crippen LogP contribution >= 0.6 is 33.1 Å². The standard InChI is InChI=1S/C32H41BrClP/c33-28-20-9-7-5-3-1-2-4-6-8-10-21-29-35(34,30-22-14-11-15-23-30,31-24-16-12-17-25-31)32-26-18-13-19-27-32/h10-19,21-27H,1-9,20,28-29H2. The first-order valence-electron chi connectivity index (χ1n) is 13.3. The van der Waals surface area contributed by atoms with E-state index in [2.05, 4.69) is 119 Å². The van der Waals surface area contributed by atoms with Gasteiger partial charge in [-0.1, -0.05) is 15.9 Å². The molecule has 0 heterocycles. The molecule has 3 heteroatoms. The molecule has 0 amide bonds. The van der Waals surface area contributed by atoms with Crippen LogP contribution in [0.1, 0.15) is 64.2 Å². The van der Waals surface area contributed by atoms with Crippen molar-refractivity contribution in [3.8, 4) is 0 Å². The molecular formula is C32H41BrClP. The number of hydrogen-bond acceptors (Lipinski definition) is 0. The molecule has 0 N–H and O–H groups in total. The van der Waals surface area contributed by atoms with E-state index >= 15 is 0 Å². The van der Waals surface area contributed by atoms with Crippen LogP contribution in [0.15, 0.2) is 103 Å². The molecular weight excluding hydrogens is 531 g/mol. The van der Waals surface area contributed by atoms with Crippen molar-refractivity contribution >= 4 is 49.0 Å². The summed E-state index contributed by atoms with van der Waals surface area (Å²) >= 11 is 11.6. The molecule has 0 fully saturated rings. The van der Waals surface area contributed by atoms with Gasteiger partial charge < -0.3 is 0 Å². The topological polar surface area (TPSA) is 0 Å². The van der Waals surface area contributed by atoms with Crippen molar-refractivity contribution in [3.63, 3.8) is 0 Å². The average molecular weight is 572 g/mol. The minimum atomic E-state index is -3.16. The number of unbranched alkanes of at least 4 members (excludes halogenated alkanes) is 9. The maximum atomic E-state index is 8.09. The van der Waals surface area contributed by atoms with E-state index in [1.807, 2.05) is 0 Å². The Morgan fingerprint density at radius 1 is 0.514 bits per heavy atom. The molecule has 0 spiro atoms. The van der Waals surface area contributed by atoms with Crippen molar-refractivity contribution < 1.29 is 0 Å². The summed E-state index contributed by atoms with van der Waals surface area (Å²) in [6.45, 7) is 0. The molecule has 0 aromatic heterocycles. The SMILES string of the molecule is ClP(CC=CCCCCCCCCCCCBr)(c1ccccc1)(c1ccccc1)c1ccccc1. The Bertz CT molecular complexity index is 888. The summed E-state index contributed by atoms with van der Waals surface area (Å²) in [6.07, 6.45) is 18.9. The first-order valence-corrected chi connectivity index (χ1v) is 17.8. The van der Waals surface area contributed by atoms with Crippen molar-refractivity contribution in [2.45, 2.75) is 64.2 Å². The summed E-state index contributed by atoms with van der Waals surface area (Å²) in [5.41, 5.74) is 0. The number of hydrogen-bond donors (Lipinski definition) is 0. The van der Waals surface area contributed by atoms with Gasteiger partial charge in [0, 0.05) is 5.33 Å². The van der Waals surface area contributed by atoms with Crippen molar-refractivity contribution in [2.24, 2.45) is 0 Å². The van der Waals surface area contributed by atoms with Gasteiger partial charge in [-0.15, -0.1) is 0 Å². The second-order valence-corrected chi connectivity index (χ2v) is 16.8. The van der Waals surface area contributed by atoms with E-state index in [1.54, 1.807) is 0 Å². The second kappa shape index (κ2) is 15.0. The van der Waals surface area contributed by atoms with Gasteiger partial charge in [-0.3, -0.25) is 0 Å². The molecule has 0 radical (unpaired) electrons. The van der Waals surface area contributed by atoms with Crippen LogP contribution in [0.5, 0.6) is 0 Å². The van der Waals surface area contributed by atoms with Crippen LogP contribution in [0.2, 0.25) is 0 Å². The fraction of sp³-hybridized carbons (Fsp3) is 0.375. The molecule has 0 saturated carbocycles. The first-order chi connectivity index (χ1) is 17.2. The Labute approximate surface area is 227 Å². The van der Waals surface area contributed by atoms with Gasteiger partial charge >= 0.3 is 200 Å². The Balaban J connectivity index is 1.67. The van der Waals surface area contributed by atoms with Crippen LogP contribution in [0.4, 0.5) is 0 Å². The van der Waals surface area contributed by atoms with Crippen molar-refractivity contribution in [1.82, 2.24) is 0 Å². The second-order valence-electron chi connectivity index (χ2n) is 9.50. The van der Waals surface area contributed by atoms with Gasteiger partial charge in [-0.05, 0) is 6.42 Å². The molecule has 0 saturated heterocycles. The van der Waals surface area contributed by atoms with Crippen LogP contribution in [-0.4, -0.2) is 11.5 Å². The van der Waals surface area contributed by atoms with Gasteiger partial charge in [0.15, 0.2) is 0 Å². The third kappa shape index (κ3) is 7.55. The molecule has 3 rings (SSSR count). The van der Waals surface area contributed by atoms with E-state index in [0.717, 1.165) is 17.9 Å². The predicted octanol–water partition coefficient (Wildman–Crippen LogP) is 9.52. The summed E-state index contributed by atoms with van der Waals surface area (Å²) in [4.78, 5) is 0. The van der Waals surface area contributed by atoms with Crippen molar-refractivity contribution in [1.29, 1.82) is 0 Å². The third-order valence-electron chi connectivity index (χ3n) is 7.00. The zero-order valence-corrected chi connectivity index (χ0v) is 24.2. The quantitative estimate of drug-likeness (QED) is 0.0695. The number of halogens is 2. The molecule has 3 aromatic rings. The molecule has 0 unspecified atom stereocenters. The Morgan fingerprint density at radius 3 is 1.29 bits per heavy atom. The summed E-state index contributed by atoms with van der Waals surface area (Å²) in [5, 5.41) is 4.85. The fourth-order valence-electron chi connectivity index (χ4n) is 4.96. The van der Waals surface area contributed by atoms with Gasteiger partial charge in [0.1, 0.15) is 0 Å². The monoisotopic (exact) mass is 570 g/mol. The Hall–Kier alpha value is -1.40. The van der Waals surface area contributed by atoms with Crippen molar-refractivity contribution in [2.75, 3.05) is 11.5 Å². The number of benzene rings is 3. The summed E-state index contributed by atoms with van der Waals surface area (Å²) < 4.78 is 0. The number of rotatable bonds is 16. The molecule has 0 aliphatic heterocycles. The molecule has 35 heavy (non-hydrogen) atoms. The zero-order valence-electron chi connectivity index (χ0n) is 21.0. The van der Waals surface area contributed by atoms with Gasteiger partial charge in [0.25, 0.3) is 0 Å². The third-order valence-corrected chi connectivity index (χ3v) is 14.8. The van der Waals surface area contributed by atoms with E-state index in [0.29, 0.717) is 0 Å². The zero-order chi connectivity index (χ0) is 24.7. The fourth-order valence-corrected chi connectivity index (χ4v) is 11.1. The molecule has 3 aromatic carbocycles. The van der Waals surface area contributed by atoms with Crippen LogP contribution in [0, 0.1) is 0 Å². The molecule has 0 nitrogen and oxygen atoms in total. The van der Waals surface area contributed by atoms with E-state index < -0.39 is 5.96 Å². The van der Waals surface area contributed by atoms with Crippen molar-refractivity contribution in [3.05, 3.63) is 103 Å². The van der Waals surface area contributed by atoms with Gasteiger partial charge in [-0.2, -0.15) is 0 Å². The van der Waals surface area contributed by atoms with Crippen LogP contribution in [-0.2, 0) is 0 Å². The summed E-state index contributed by atoms with van der Waals surface area (Å²) in [6, 6.07) is 32.3. The van der Waals surface area contributed by atoms with E-state index in [-0.39, 0.29) is 0 Å². The van der Waals surface area contributed by atoms with E-state index in [4.69, 9.17) is 11.2 Å². The van der Waals surface area contributed by atoms with E-state index in [9.17, 15) is 0 Å². The summed E-state index contributed by atoms with van der Waals surface area (Å²) in [7, 11) is 0. The van der Waals surface area contributed by atoms with Crippen LogP contribution in [0.25, 0.3) is 0 Å². The average Bonchev–Trinajstić information content (AvgIpc) is 2.93. The minimum absolute atomic E-state index is 0.833. The number of allylic oxidation sites excluding steroid dienone is 2. The first kappa shape index (κ1) is 28.2. The molecule has 0 aliphatic rings. The van der Waals surface area contributed by atoms with Crippen LogP contribution < -0.4 is 15.9 Å². The molecule has 0 aliphatic carbocycles. The normalized spacial score (nSPS) is 13.0. The van der Waals surface area contributed by atoms with Gasteiger partial charge in [0.05, 0.1) is 0 Å². The van der Waals surface area contributed by atoms with Gasteiger partial charge in [0.2, 0.25) is 0 Å². The predicted molar refractivity (Wildman–Crippen MR) is 165 cm³/mol. The Kier molecular flexibility index (Phi) is 12.1. The summed E-state index contributed by atoms with van der Waals surface area (Å²) in [5.74, 6) is -3.16. The van der Waals surface area contributed by atoms with Gasteiger partial charge in [-0.25, -0.2) is 0 Å². The molecule has 0 bridgehead atoms. The maximum absolute atomic E-state index is 8.09. The molecule has 188 valence electrons.